The summed E-state index contributed by atoms with van der Waals surface area (Å²) in [4.78, 5) is 10.5. The van der Waals surface area contributed by atoms with Crippen LogP contribution in [0, 0.1) is 5.92 Å². The number of nitrogens with zero attached hydrogens (tertiary/aromatic N) is 3. The molecule has 0 amide bonds. The Morgan fingerprint density at radius 1 is 1.53 bits per heavy atom. The van der Waals surface area contributed by atoms with Gasteiger partial charge in [-0.2, -0.15) is 0 Å². The van der Waals surface area contributed by atoms with Crippen LogP contribution in [0.15, 0.2) is 6.33 Å². The summed E-state index contributed by atoms with van der Waals surface area (Å²) in [6, 6.07) is 0. The molecule has 1 unspecified atom stereocenters. The Labute approximate surface area is 119 Å². The second-order valence-electron chi connectivity index (χ2n) is 5.20. The van der Waals surface area contributed by atoms with Crippen molar-refractivity contribution in [2.45, 2.75) is 26.4 Å². The van der Waals surface area contributed by atoms with Crippen LogP contribution >= 0.6 is 11.6 Å². The molecule has 106 valence electrons. The summed E-state index contributed by atoms with van der Waals surface area (Å²) in [5.74, 6) is 1.42. The Kier molecular flexibility index (Phi) is 4.82. The molecule has 1 aromatic heterocycles. The highest BCUT2D eigenvalue weighted by atomic mass is 35.5. The minimum atomic E-state index is 0.279. The molecule has 5 nitrogen and oxygen atoms in total. The normalized spacial score (nSPS) is 19.2. The summed E-state index contributed by atoms with van der Waals surface area (Å²) in [7, 11) is 1.83. The Hall–Kier alpha value is -1.07. The zero-order valence-electron chi connectivity index (χ0n) is 11.7. The second-order valence-corrected chi connectivity index (χ2v) is 5.55. The lowest BCUT2D eigenvalue weighted by atomic mass is 10.2. The number of halogens is 1. The summed E-state index contributed by atoms with van der Waals surface area (Å²) in [5.41, 5.74) is 0.786. The van der Waals surface area contributed by atoms with Gasteiger partial charge in [0.15, 0.2) is 11.0 Å². The van der Waals surface area contributed by atoms with E-state index in [1.807, 2.05) is 7.05 Å². The van der Waals surface area contributed by atoms with Crippen molar-refractivity contribution in [2.24, 2.45) is 5.92 Å². The molecule has 0 saturated carbocycles. The molecule has 1 fully saturated rings. The lowest BCUT2D eigenvalue weighted by Crippen LogP contribution is -2.25. The second kappa shape index (κ2) is 6.39. The molecule has 0 aliphatic carbocycles. The monoisotopic (exact) mass is 284 g/mol. The molecule has 1 aliphatic rings. The Bertz CT molecular complexity index is 427. The third kappa shape index (κ3) is 3.48. The molecule has 0 bridgehead atoms. The van der Waals surface area contributed by atoms with Crippen LogP contribution in [0.3, 0.4) is 0 Å². The van der Waals surface area contributed by atoms with Crippen LogP contribution in [0.4, 0.5) is 11.5 Å². The van der Waals surface area contributed by atoms with Gasteiger partial charge in [0.25, 0.3) is 0 Å². The van der Waals surface area contributed by atoms with Gasteiger partial charge in [-0.25, -0.2) is 9.97 Å². The van der Waals surface area contributed by atoms with Crippen molar-refractivity contribution in [1.82, 2.24) is 9.97 Å². The van der Waals surface area contributed by atoms with Gasteiger partial charge in [0, 0.05) is 26.7 Å². The van der Waals surface area contributed by atoms with E-state index in [1.54, 1.807) is 0 Å². The average molecular weight is 285 g/mol. The zero-order valence-corrected chi connectivity index (χ0v) is 12.4. The first kappa shape index (κ1) is 14.3. The SMILES string of the molecule is CNc1c(Cl)ncnc1N1CCC(OCC(C)C)C1. The molecule has 1 N–H and O–H groups in total. The van der Waals surface area contributed by atoms with Gasteiger partial charge in [-0.3, -0.25) is 0 Å². The number of rotatable bonds is 5. The van der Waals surface area contributed by atoms with Gasteiger partial charge >= 0.3 is 0 Å². The van der Waals surface area contributed by atoms with Gasteiger partial charge in [0.05, 0.1) is 6.10 Å². The summed E-state index contributed by atoms with van der Waals surface area (Å²) < 4.78 is 5.88. The maximum Gasteiger partial charge on any atom is 0.157 e. The van der Waals surface area contributed by atoms with E-state index >= 15 is 0 Å². The molecule has 1 aliphatic heterocycles. The molecule has 0 aromatic carbocycles. The number of ether oxygens (including phenoxy) is 1. The van der Waals surface area contributed by atoms with E-state index < -0.39 is 0 Å². The average Bonchev–Trinajstić information content (AvgIpc) is 2.84. The van der Waals surface area contributed by atoms with E-state index in [9.17, 15) is 0 Å². The van der Waals surface area contributed by atoms with E-state index in [2.05, 4.69) is 34.0 Å². The van der Waals surface area contributed by atoms with E-state index in [4.69, 9.17) is 16.3 Å². The molecule has 0 spiro atoms. The van der Waals surface area contributed by atoms with Crippen LogP contribution in [-0.2, 0) is 4.74 Å². The third-order valence-electron chi connectivity index (χ3n) is 3.14. The summed E-state index contributed by atoms with van der Waals surface area (Å²) in [5, 5.41) is 3.52. The Morgan fingerprint density at radius 2 is 2.32 bits per heavy atom. The van der Waals surface area contributed by atoms with E-state index in [0.29, 0.717) is 11.1 Å². The van der Waals surface area contributed by atoms with Gasteiger partial charge < -0.3 is 15.0 Å². The first-order valence-electron chi connectivity index (χ1n) is 6.66. The van der Waals surface area contributed by atoms with Gasteiger partial charge in [-0.1, -0.05) is 25.4 Å². The molecule has 1 atom stereocenters. The highest BCUT2D eigenvalue weighted by Crippen LogP contribution is 2.31. The lowest BCUT2D eigenvalue weighted by molar-refractivity contribution is 0.0497. The summed E-state index contributed by atoms with van der Waals surface area (Å²) in [6.07, 6.45) is 2.80. The number of hydrogen-bond donors (Lipinski definition) is 1. The molecular formula is C13H21ClN4O. The number of hydrogen-bond acceptors (Lipinski definition) is 5. The Balaban J connectivity index is 2.02. The van der Waals surface area contributed by atoms with Crippen LogP contribution in [0.1, 0.15) is 20.3 Å². The molecule has 6 heteroatoms. The van der Waals surface area contributed by atoms with Gasteiger partial charge in [-0.05, 0) is 12.3 Å². The molecular weight excluding hydrogens is 264 g/mol. The topological polar surface area (TPSA) is 50.3 Å². The largest absolute Gasteiger partial charge is 0.383 e. The van der Waals surface area contributed by atoms with E-state index in [-0.39, 0.29) is 6.10 Å². The first-order valence-corrected chi connectivity index (χ1v) is 7.04. The molecule has 2 rings (SSSR count). The number of anilines is 2. The first-order chi connectivity index (χ1) is 9.11. The van der Waals surface area contributed by atoms with Crippen LogP contribution in [0.2, 0.25) is 5.15 Å². The molecule has 19 heavy (non-hydrogen) atoms. The fourth-order valence-corrected chi connectivity index (χ4v) is 2.42. The van der Waals surface area contributed by atoms with Crippen LogP contribution < -0.4 is 10.2 Å². The van der Waals surface area contributed by atoms with Crippen LogP contribution in [0.25, 0.3) is 0 Å². The van der Waals surface area contributed by atoms with Crippen LogP contribution in [-0.4, -0.2) is 42.8 Å². The highest BCUT2D eigenvalue weighted by molar-refractivity contribution is 6.32. The van der Waals surface area contributed by atoms with E-state index in [0.717, 1.165) is 37.6 Å². The van der Waals surface area contributed by atoms with Crippen molar-refractivity contribution in [3.63, 3.8) is 0 Å². The maximum absolute atomic E-state index is 6.08. The van der Waals surface area contributed by atoms with Crippen molar-refractivity contribution < 1.29 is 4.74 Å². The zero-order chi connectivity index (χ0) is 13.8. The van der Waals surface area contributed by atoms with Gasteiger partial charge in [-0.15, -0.1) is 0 Å². The van der Waals surface area contributed by atoms with Crippen molar-refractivity contribution in [1.29, 1.82) is 0 Å². The predicted octanol–water partition coefficient (Wildman–Crippen LogP) is 2.42. The quantitative estimate of drug-likeness (QED) is 0.842. The minimum absolute atomic E-state index is 0.279. The molecule has 1 aromatic rings. The minimum Gasteiger partial charge on any atom is -0.383 e. The predicted molar refractivity (Wildman–Crippen MR) is 78.0 cm³/mol. The summed E-state index contributed by atoms with van der Waals surface area (Å²) in [6.45, 7) is 6.92. The van der Waals surface area contributed by atoms with Crippen molar-refractivity contribution in [2.75, 3.05) is 37.0 Å². The number of aromatic nitrogens is 2. The van der Waals surface area contributed by atoms with E-state index in [1.165, 1.54) is 6.33 Å². The fraction of sp³-hybridized carbons (Fsp3) is 0.692. The molecule has 2 heterocycles. The smallest absolute Gasteiger partial charge is 0.157 e. The van der Waals surface area contributed by atoms with Crippen molar-refractivity contribution >= 4 is 23.1 Å². The van der Waals surface area contributed by atoms with Crippen LogP contribution in [0.5, 0.6) is 0 Å². The lowest BCUT2D eigenvalue weighted by Gasteiger charge is -2.21. The maximum atomic E-state index is 6.08. The fourth-order valence-electron chi connectivity index (χ4n) is 2.20. The Morgan fingerprint density at radius 3 is 3.00 bits per heavy atom. The molecule has 0 radical (unpaired) electrons. The summed E-state index contributed by atoms with van der Waals surface area (Å²) >= 11 is 6.08. The third-order valence-corrected chi connectivity index (χ3v) is 3.43. The highest BCUT2D eigenvalue weighted by Gasteiger charge is 2.26. The standard InChI is InChI=1S/C13H21ClN4O/c1-9(2)7-19-10-4-5-18(6-10)13-11(15-3)12(14)16-8-17-13/h8-10,15H,4-7H2,1-3H3. The van der Waals surface area contributed by atoms with Crippen molar-refractivity contribution in [3.8, 4) is 0 Å². The molecule has 1 saturated heterocycles. The van der Waals surface area contributed by atoms with Gasteiger partial charge in [0.2, 0.25) is 0 Å². The van der Waals surface area contributed by atoms with Crippen molar-refractivity contribution in [3.05, 3.63) is 11.5 Å². The number of nitrogens with one attached hydrogen (secondary N) is 1. The van der Waals surface area contributed by atoms with Gasteiger partial charge in [0.1, 0.15) is 12.0 Å².